The van der Waals surface area contributed by atoms with Crippen molar-refractivity contribution in [1.29, 1.82) is 0 Å². The molecule has 2 N–H and O–H groups in total. The number of carbonyl (C=O) groups is 2. The van der Waals surface area contributed by atoms with Gasteiger partial charge in [0, 0.05) is 18.7 Å². The van der Waals surface area contributed by atoms with Crippen LogP contribution in [0.3, 0.4) is 0 Å². The van der Waals surface area contributed by atoms with Gasteiger partial charge in [0.05, 0.1) is 12.0 Å². The Hall–Kier alpha value is -1.92. The monoisotopic (exact) mass is 329 g/mol. The van der Waals surface area contributed by atoms with Crippen LogP contribution >= 0.6 is 0 Å². The number of benzene rings is 1. The second kappa shape index (κ2) is 5.86. The number of amides is 2. The zero-order valence-corrected chi connectivity index (χ0v) is 13.8. The molecule has 3 atom stereocenters. The van der Waals surface area contributed by atoms with Gasteiger partial charge in [0.25, 0.3) is 0 Å². The average Bonchev–Trinajstić information content (AvgIpc) is 3.05. The fourth-order valence-corrected chi connectivity index (χ4v) is 4.52. The standard InChI is InChI=1S/C18H23N3O3/c1-20-16-14(15(19-20)12-9-5-6-10-13(12)22)17(23)21(18(16)24)11-7-3-2-4-8-11/h5-6,9-11,14-16,19,22H,2-4,7-8H2,1H3/t14-,15-,16+/m1/s1. The van der Waals surface area contributed by atoms with E-state index >= 15 is 0 Å². The molecule has 24 heavy (non-hydrogen) atoms. The van der Waals surface area contributed by atoms with Crippen molar-refractivity contribution in [2.24, 2.45) is 5.92 Å². The van der Waals surface area contributed by atoms with E-state index in [0.717, 1.165) is 25.7 Å². The van der Waals surface area contributed by atoms with E-state index in [2.05, 4.69) is 5.43 Å². The zero-order chi connectivity index (χ0) is 16.8. The molecule has 3 aliphatic rings. The summed E-state index contributed by atoms with van der Waals surface area (Å²) < 4.78 is 0. The van der Waals surface area contributed by atoms with Gasteiger partial charge in [-0.1, -0.05) is 37.5 Å². The van der Waals surface area contributed by atoms with Crippen LogP contribution in [0.15, 0.2) is 24.3 Å². The third kappa shape index (κ3) is 2.24. The quantitative estimate of drug-likeness (QED) is 0.806. The first-order chi connectivity index (χ1) is 11.6. The van der Waals surface area contributed by atoms with Crippen LogP contribution in [0.5, 0.6) is 5.75 Å². The third-order valence-electron chi connectivity index (χ3n) is 5.68. The van der Waals surface area contributed by atoms with Gasteiger partial charge in [-0.15, -0.1) is 0 Å². The molecule has 1 saturated carbocycles. The average molecular weight is 329 g/mol. The van der Waals surface area contributed by atoms with Gasteiger partial charge in [-0.05, 0) is 18.9 Å². The number of hydrazine groups is 1. The third-order valence-corrected chi connectivity index (χ3v) is 5.68. The minimum atomic E-state index is -0.482. The number of nitrogens with zero attached hydrogens (tertiary/aromatic N) is 2. The number of para-hydroxylation sites is 1. The van der Waals surface area contributed by atoms with Crippen LogP contribution in [-0.4, -0.2) is 46.0 Å². The van der Waals surface area contributed by atoms with E-state index in [1.807, 2.05) is 12.1 Å². The molecule has 6 heteroatoms. The minimum Gasteiger partial charge on any atom is -0.508 e. The lowest BCUT2D eigenvalue weighted by atomic mass is 9.90. The number of likely N-dealkylation sites (N-methyl/N-ethyl adjacent to an activating group) is 1. The Morgan fingerprint density at radius 3 is 2.50 bits per heavy atom. The van der Waals surface area contributed by atoms with E-state index in [1.54, 1.807) is 24.2 Å². The highest BCUT2D eigenvalue weighted by atomic mass is 16.3. The summed E-state index contributed by atoms with van der Waals surface area (Å²) in [5.74, 6) is -0.509. The molecule has 2 aliphatic heterocycles. The fourth-order valence-electron chi connectivity index (χ4n) is 4.52. The van der Waals surface area contributed by atoms with Gasteiger partial charge < -0.3 is 5.11 Å². The van der Waals surface area contributed by atoms with Gasteiger partial charge in [-0.25, -0.2) is 10.4 Å². The van der Waals surface area contributed by atoms with Gasteiger partial charge in [0.15, 0.2) is 0 Å². The van der Waals surface area contributed by atoms with Crippen molar-refractivity contribution in [1.82, 2.24) is 15.3 Å². The van der Waals surface area contributed by atoms with Crippen molar-refractivity contribution in [2.75, 3.05) is 7.05 Å². The molecule has 0 radical (unpaired) electrons. The highest BCUT2D eigenvalue weighted by Crippen LogP contribution is 2.43. The smallest absolute Gasteiger partial charge is 0.249 e. The van der Waals surface area contributed by atoms with Gasteiger partial charge in [-0.2, -0.15) is 0 Å². The summed E-state index contributed by atoms with van der Waals surface area (Å²) in [4.78, 5) is 27.6. The van der Waals surface area contributed by atoms with Crippen LogP contribution in [0.4, 0.5) is 0 Å². The molecule has 1 aliphatic carbocycles. The summed E-state index contributed by atoms with van der Waals surface area (Å²) in [5, 5.41) is 11.9. The minimum absolute atomic E-state index is 0.0442. The van der Waals surface area contributed by atoms with E-state index in [-0.39, 0.29) is 29.6 Å². The first-order valence-electron chi connectivity index (χ1n) is 8.73. The number of imide groups is 1. The maximum Gasteiger partial charge on any atom is 0.249 e. The Morgan fingerprint density at radius 1 is 1.08 bits per heavy atom. The first kappa shape index (κ1) is 15.6. The van der Waals surface area contributed by atoms with E-state index in [0.29, 0.717) is 5.56 Å². The van der Waals surface area contributed by atoms with Crippen LogP contribution in [0.2, 0.25) is 0 Å². The summed E-state index contributed by atoms with van der Waals surface area (Å²) in [6, 6.07) is 6.21. The van der Waals surface area contributed by atoms with Crippen molar-refractivity contribution >= 4 is 11.8 Å². The fraction of sp³-hybridized carbons (Fsp3) is 0.556. The number of phenolic OH excluding ortho intramolecular Hbond substituents is 1. The first-order valence-corrected chi connectivity index (χ1v) is 8.73. The Balaban J connectivity index is 1.67. The van der Waals surface area contributed by atoms with Crippen LogP contribution in [-0.2, 0) is 9.59 Å². The van der Waals surface area contributed by atoms with Gasteiger partial charge in [-0.3, -0.25) is 14.5 Å². The summed E-state index contributed by atoms with van der Waals surface area (Å²) >= 11 is 0. The number of rotatable bonds is 2. The molecule has 2 heterocycles. The number of hydrogen-bond donors (Lipinski definition) is 2. The largest absolute Gasteiger partial charge is 0.508 e. The molecule has 0 spiro atoms. The van der Waals surface area contributed by atoms with Crippen molar-refractivity contribution in [2.45, 2.75) is 50.2 Å². The second-order valence-electron chi connectivity index (χ2n) is 7.09. The molecule has 2 saturated heterocycles. The Labute approximate surface area is 141 Å². The highest BCUT2D eigenvalue weighted by molar-refractivity contribution is 6.08. The van der Waals surface area contributed by atoms with Crippen LogP contribution in [0, 0.1) is 5.92 Å². The molecule has 1 aromatic rings. The number of hydrogen-bond acceptors (Lipinski definition) is 5. The second-order valence-corrected chi connectivity index (χ2v) is 7.09. The van der Waals surface area contributed by atoms with Crippen LogP contribution in [0.25, 0.3) is 0 Å². The summed E-state index contributed by atoms with van der Waals surface area (Å²) in [6.07, 6.45) is 5.16. The Morgan fingerprint density at radius 2 is 1.79 bits per heavy atom. The topological polar surface area (TPSA) is 72.9 Å². The molecule has 0 aromatic heterocycles. The molecule has 2 amide bonds. The number of likely N-dealkylation sites (tertiary alicyclic amines) is 1. The number of carbonyl (C=O) groups excluding carboxylic acids is 2. The van der Waals surface area contributed by atoms with Gasteiger partial charge >= 0.3 is 0 Å². The number of nitrogens with one attached hydrogen (secondary N) is 1. The Bertz CT molecular complexity index is 671. The maximum atomic E-state index is 13.1. The lowest BCUT2D eigenvalue weighted by Crippen LogP contribution is -2.47. The molecular weight excluding hydrogens is 306 g/mol. The zero-order valence-electron chi connectivity index (χ0n) is 13.8. The predicted octanol–water partition coefficient (Wildman–Crippen LogP) is 1.57. The summed E-state index contributed by atoms with van der Waals surface area (Å²) in [7, 11) is 1.80. The van der Waals surface area contributed by atoms with E-state index in [9.17, 15) is 14.7 Å². The van der Waals surface area contributed by atoms with Gasteiger partial charge in [0.2, 0.25) is 11.8 Å². The van der Waals surface area contributed by atoms with E-state index in [1.165, 1.54) is 11.3 Å². The molecule has 1 aromatic carbocycles. The lowest BCUT2D eigenvalue weighted by Gasteiger charge is -2.31. The van der Waals surface area contributed by atoms with Crippen molar-refractivity contribution in [3.8, 4) is 5.75 Å². The normalized spacial score (nSPS) is 31.7. The molecule has 4 rings (SSSR count). The predicted molar refractivity (Wildman–Crippen MR) is 87.8 cm³/mol. The van der Waals surface area contributed by atoms with Crippen molar-refractivity contribution < 1.29 is 14.7 Å². The summed E-state index contributed by atoms with van der Waals surface area (Å²) in [5.41, 5.74) is 3.87. The van der Waals surface area contributed by atoms with E-state index < -0.39 is 12.0 Å². The van der Waals surface area contributed by atoms with Crippen LogP contribution in [0.1, 0.15) is 43.7 Å². The molecule has 0 bridgehead atoms. The highest BCUT2D eigenvalue weighted by Gasteiger charge is 2.59. The number of fused-ring (bicyclic) bond motifs is 1. The Kier molecular flexibility index (Phi) is 3.81. The number of phenols is 1. The SMILES string of the molecule is CN1N[C@H](c2ccccc2O)[C@H]2C(=O)N(C3CCCCC3)C(=O)[C@H]21. The van der Waals surface area contributed by atoms with Crippen molar-refractivity contribution in [3.63, 3.8) is 0 Å². The van der Waals surface area contributed by atoms with Crippen LogP contribution < -0.4 is 5.43 Å². The maximum absolute atomic E-state index is 13.1. The van der Waals surface area contributed by atoms with Crippen molar-refractivity contribution in [3.05, 3.63) is 29.8 Å². The van der Waals surface area contributed by atoms with Gasteiger partial charge in [0.1, 0.15) is 11.8 Å². The lowest BCUT2D eigenvalue weighted by molar-refractivity contribution is -0.144. The molecule has 6 nitrogen and oxygen atoms in total. The number of aromatic hydroxyl groups is 1. The summed E-state index contributed by atoms with van der Waals surface area (Å²) in [6.45, 7) is 0. The van der Waals surface area contributed by atoms with E-state index in [4.69, 9.17) is 0 Å². The molecule has 3 fully saturated rings. The molecule has 128 valence electrons. The molecular formula is C18H23N3O3. The molecule has 0 unspecified atom stereocenters.